The number of imidazole rings is 1. The van der Waals surface area contributed by atoms with E-state index in [1.54, 1.807) is 30.3 Å². The van der Waals surface area contributed by atoms with E-state index in [1.807, 2.05) is 0 Å². The molecule has 11 heteroatoms. The lowest BCUT2D eigenvalue weighted by Gasteiger charge is -2.42. The number of carbonyl (C=O) groups excluding carboxylic acids is 3. The van der Waals surface area contributed by atoms with Crippen LogP contribution in [0.3, 0.4) is 0 Å². The SMILES string of the molecule is COC(=O)[C@H]1C(=O)C[C@@](C)(O)[C@@H](C(=O)OC)[C@@H]1c1c([N+](=O)[O-])ncn1Cc1ccccc1. The zero-order valence-electron chi connectivity index (χ0n) is 17.8. The minimum Gasteiger partial charge on any atom is -0.469 e. The molecule has 1 fully saturated rings. The van der Waals surface area contributed by atoms with Crippen LogP contribution in [0, 0.1) is 22.0 Å². The summed E-state index contributed by atoms with van der Waals surface area (Å²) >= 11 is 0. The van der Waals surface area contributed by atoms with Crippen LogP contribution in [-0.2, 0) is 30.4 Å². The Kier molecular flexibility index (Phi) is 6.40. The fraction of sp³-hybridized carbons (Fsp3) is 0.429. The summed E-state index contributed by atoms with van der Waals surface area (Å²) in [5, 5.41) is 22.8. The number of nitrogens with zero attached hydrogens (tertiary/aromatic N) is 3. The summed E-state index contributed by atoms with van der Waals surface area (Å²) in [6.07, 6.45) is 0.681. The van der Waals surface area contributed by atoms with Gasteiger partial charge in [0.15, 0.2) is 5.78 Å². The van der Waals surface area contributed by atoms with Crippen molar-refractivity contribution in [1.82, 2.24) is 9.55 Å². The van der Waals surface area contributed by atoms with Crippen molar-refractivity contribution >= 4 is 23.5 Å². The third-order valence-corrected chi connectivity index (χ3v) is 5.72. The molecule has 11 nitrogen and oxygen atoms in total. The lowest BCUT2D eigenvalue weighted by atomic mass is 9.62. The number of benzene rings is 1. The monoisotopic (exact) mass is 445 g/mol. The molecule has 3 rings (SSSR count). The van der Waals surface area contributed by atoms with Gasteiger partial charge in [-0.2, -0.15) is 0 Å². The van der Waals surface area contributed by atoms with Crippen molar-refractivity contribution in [3.8, 4) is 0 Å². The maximum Gasteiger partial charge on any atom is 0.385 e. The molecule has 1 aromatic carbocycles. The number of esters is 2. The van der Waals surface area contributed by atoms with Crippen LogP contribution < -0.4 is 0 Å². The first-order valence-corrected chi connectivity index (χ1v) is 9.76. The molecule has 0 radical (unpaired) electrons. The molecule has 32 heavy (non-hydrogen) atoms. The second kappa shape index (κ2) is 8.87. The van der Waals surface area contributed by atoms with Gasteiger partial charge in [0.1, 0.15) is 11.6 Å². The van der Waals surface area contributed by atoms with Crippen molar-refractivity contribution in [1.29, 1.82) is 0 Å². The van der Waals surface area contributed by atoms with Gasteiger partial charge in [-0.3, -0.25) is 14.4 Å². The van der Waals surface area contributed by atoms with Gasteiger partial charge in [0, 0.05) is 12.3 Å². The van der Waals surface area contributed by atoms with Gasteiger partial charge in [0.05, 0.1) is 32.3 Å². The van der Waals surface area contributed by atoms with Crippen LogP contribution in [-0.4, -0.2) is 57.1 Å². The second-order valence-electron chi connectivity index (χ2n) is 7.85. The summed E-state index contributed by atoms with van der Waals surface area (Å²) < 4.78 is 11.0. The summed E-state index contributed by atoms with van der Waals surface area (Å²) in [4.78, 5) is 53.2. The summed E-state index contributed by atoms with van der Waals surface area (Å²) in [7, 11) is 2.16. The maximum atomic E-state index is 12.9. The first kappa shape index (κ1) is 23.1. The van der Waals surface area contributed by atoms with Crippen molar-refractivity contribution in [2.45, 2.75) is 31.4 Å². The molecule has 0 bridgehead atoms. The Balaban J connectivity index is 2.28. The van der Waals surface area contributed by atoms with Gasteiger partial charge in [-0.1, -0.05) is 30.3 Å². The third kappa shape index (κ3) is 4.11. The highest BCUT2D eigenvalue weighted by Crippen LogP contribution is 2.48. The zero-order chi connectivity index (χ0) is 23.6. The van der Waals surface area contributed by atoms with E-state index in [-0.39, 0.29) is 12.2 Å². The maximum absolute atomic E-state index is 12.9. The molecule has 4 atom stereocenters. The average molecular weight is 445 g/mol. The van der Waals surface area contributed by atoms with Crippen molar-refractivity contribution < 1.29 is 33.9 Å². The number of aliphatic hydroxyl groups is 1. The molecule has 2 aromatic rings. The smallest absolute Gasteiger partial charge is 0.385 e. The van der Waals surface area contributed by atoms with Crippen LogP contribution in [0.15, 0.2) is 36.7 Å². The number of hydrogen-bond donors (Lipinski definition) is 1. The van der Waals surface area contributed by atoms with E-state index in [0.717, 1.165) is 19.8 Å². The van der Waals surface area contributed by atoms with Gasteiger partial charge in [-0.15, -0.1) is 0 Å². The lowest BCUT2D eigenvalue weighted by molar-refractivity contribution is -0.390. The summed E-state index contributed by atoms with van der Waals surface area (Å²) in [5.41, 5.74) is -1.30. The number of rotatable bonds is 6. The fourth-order valence-electron chi connectivity index (χ4n) is 4.37. The molecular formula is C21H23N3O8. The molecule has 170 valence electrons. The highest BCUT2D eigenvalue weighted by molar-refractivity contribution is 6.02. The van der Waals surface area contributed by atoms with Crippen LogP contribution in [0.25, 0.3) is 0 Å². The predicted molar refractivity (Wildman–Crippen MR) is 108 cm³/mol. The van der Waals surface area contributed by atoms with E-state index < -0.39 is 58.2 Å². The first-order chi connectivity index (χ1) is 15.1. The first-order valence-electron chi connectivity index (χ1n) is 9.76. The van der Waals surface area contributed by atoms with Crippen molar-refractivity contribution in [3.63, 3.8) is 0 Å². The van der Waals surface area contributed by atoms with E-state index in [1.165, 1.54) is 17.8 Å². The Labute approximate surface area is 183 Å². The van der Waals surface area contributed by atoms with Crippen molar-refractivity contribution in [2.24, 2.45) is 11.8 Å². The molecule has 0 aliphatic heterocycles. The number of Topliss-reactive ketones (excluding diaryl/α,β-unsaturated/α-hetero) is 1. The van der Waals surface area contributed by atoms with Crippen molar-refractivity contribution in [2.75, 3.05) is 14.2 Å². The van der Waals surface area contributed by atoms with Gasteiger partial charge < -0.3 is 29.3 Å². The highest BCUT2D eigenvalue weighted by atomic mass is 16.6. The fourth-order valence-corrected chi connectivity index (χ4v) is 4.37. The molecule has 1 aliphatic rings. The van der Waals surface area contributed by atoms with Crippen LogP contribution in [0.5, 0.6) is 0 Å². The van der Waals surface area contributed by atoms with E-state index in [9.17, 15) is 29.6 Å². The van der Waals surface area contributed by atoms with Gasteiger partial charge >= 0.3 is 17.8 Å². The van der Waals surface area contributed by atoms with Crippen molar-refractivity contribution in [3.05, 3.63) is 58.0 Å². The van der Waals surface area contributed by atoms with Crippen LogP contribution in [0.4, 0.5) is 5.82 Å². The molecule has 1 aromatic heterocycles. The molecule has 0 unspecified atom stereocenters. The Morgan fingerprint density at radius 1 is 1.25 bits per heavy atom. The van der Waals surface area contributed by atoms with Gasteiger partial charge in [-0.05, 0) is 22.4 Å². The number of methoxy groups -OCH3 is 2. The normalized spacial score (nSPS) is 25.2. The van der Waals surface area contributed by atoms with E-state index in [4.69, 9.17) is 9.47 Å². The molecule has 1 N–H and O–H groups in total. The summed E-state index contributed by atoms with van der Waals surface area (Å²) in [6.45, 7) is 1.38. The standard InChI is InChI=1S/C21H23N3O8/c1-21(28)9-13(25)14(19(26)31-2)15(16(21)20(27)32-3)17-18(24(29)30)22-11-23(17)10-12-7-5-4-6-8-12/h4-8,11,14-16,28H,9-10H2,1-3H3/t14-,15+,16+,21+/m0/s1. The van der Waals surface area contributed by atoms with Crippen LogP contribution >= 0.6 is 0 Å². The zero-order valence-corrected chi connectivity index (χ0v) is 17.8. The Morgan fingerprint density at radius 3 is 2.44 bits per heavy atom. The topological polar surface area (TPSA) is 151 Å². The lowest BCUT2D eigenvalue weighted by Crippen LogP contribution is -2.55. The van der Waals surface area contributed by atoms with Gasteiger partial charge in [-0.25, -0.2) is 0 Å². The number of hydrogen-bond acceptors (Lipinski definition) is 9. The van der Waals surface area contributed by atoms with E-state index in [2.05, 4.69) is 4.98 Å². The van der Waals surface area contributed by atoms with E-state index >= 15 is 0 Å². The number of ketones is 1. The van der Waals surface area contributed by atoms with Gasteiger partial charge in [0.25, 0.3) is 0 Å². The molecule has 1 aliphatic carbocycles. The minimum atomic E-state index is -1.92. The number of carbonyl (C=O) groups is 3. The Bertz CT molecular complexity index is 1050. The molecule has 1 saturated carbocycles. The quantitative estimate of drug-likeness (QED) is 0.299. The summed E-state index contributed by atoms with van der Waals surface area (Å²) in [5.74, 6) is -7.66. The molecule has 0 saturated heterocycles. The van der Waals surface area contributed by atoms with E-state index in [0.29, 0.717) is 0 Å². The largest absolute Gasteiger partial charge is 0.469 e. The van der Waals surface area contributed by atoms with Crippen LogP contribution in [0.2, 0.25) is 0 Å². The molecule has 0 spiro atoms. The highest BCUT2D eigenvalue weighted by Gasteiger charge is 2.59. The second-order valence-corrected chi connectivity index (χ2v) is 7.85. The van der Waals surface area contributed by atoms with Gasteiger partial charge in [0.2, 0.25) is 6.33 Å². The van der Waals surface area contributed by atoms with Crippen LogP contribution in [0.1, 0.15) is 30.5 Å². The Morgan fingerprint density at radius 2 is 1.88 bits per heavy atom. The Hall–Kier alpha value is -3.60. The predicted octanol–water partition coefficient (Wildman–Crippen LogP) is 1.23. The molecular weight excluding hydrogens is 422 g/mol. The molecule has 0 amide bonds. The average Bonchev–Trinajstić information content (AvgIpc) is 3.15. The number of aromatic nitrogens is 2. The minimum absolute atomic E-state index is 0.117. The number of ether oxygens (including phenoxy) is 2. The summed E-state index contributed by atoms with van der Waals surface area (Å²) in [6, 6.07) is 8.94. The number of nitro groups is 1. The molecule has 1 heterocycles. The third-order valence-electron chi connectivity index (χ3n) is 5.72.